The van der Waals surface area contributed by atoms with E-state index in [1.165, 1.54) is 29.5 Å². The number of piperidine rings is 1. The summed E-state index contributed by atoms with van der Waals surface area (Å²) in [6.45, 7) is 4.46. The zero-order chi connectivity index (χ0) is 13.8. The fourth-order valence-electron chi connectivity index (χ4n) is 3.35. The molecule has 1 N–H and O–H groups in total. The van der Waals surface area contributed by atoms with E-state index in [9.17, 15) is 0 Å². The van der Waals surface area contributed by atoms with Gasteiger partial charge in [0, 0.05) is 5.92 Å². The number of benzene rings is 2. The zero-order valence-electron chi connectivity index (χ0n) is 12.2. The summed E-state index contributed by atoms with van der Waals surface area (Å²) >= 11 is 0. The van der Waals surface area contributed by atoms with E-state index >= 15 is 0 Å². The fraction of sp³-hybridized carbons (Fsp3) is 0.368. The Kier molecular flexibility index (Phi) is 4.17. The Morgan fingerprint density at radius 1 is 0.850 bits per heavy atom. The van der Waals surface area contributed by atoms with E-state index in [1.54, 1.807) is 0 Å². The van der Waals surface area contributed by atoms with Crippen LogP contribution in [0.25, 0.3) is 0 Å². The smallest absolute Gasteiger partial charge is 0.0119 e. The largest absolute Gasteiger partial charge is 0.317 e. The minimum Gasteiger partial charge on any atom is -0.317 e. The second-order valence-corrected chi connectivity index (χ2v) is 5.89. The third kappa shape index (κ3) is 2.94. The molecule has 2 aromatic carbocycles. The Balaban J connectivity index is 1.96. The molecule has 3 rings (SSSR count). The summed E-state index contributed by atoms with van der Waals surface area (Å²) in [5, 5.41) is 3.48. The first-order valence-electron chi connectivity index (χ1n) is 7.67. The minimum absolute atomic E-state index is 0.541. The van der Waals surface area contributed by atoms with Gasteiger partial charge in [-0.1, -0.05) is 60.2 Å². The molecule has 1 aliphatic heterocycles. The minimum atomic E-state index is 0.541. The van der Waals surface area contributed by atoms with E-state index in [-0.39, 0.29) is 0 Å². The van der Waals surface area contributed by atoms with Gasteiger partial charge in [0.15, 0.2) is 0 Å². The number of hydrogen-bond acceptors (Lipinski definition) is 1. The SMILES string of the molecule is Cc1ccc([C@@H](c2ccccc2)C2CCNCC2)cc1. The lowest BCUT2D eigenvalue weighted by atomic mass is 9.76. The van der Waals surface area contributed by atoms with Crippen LogP contribution in [-0.4, -0.2) is 13.1 Å². The van der Waals surface area contributed by atoms with E-state index in [4.69, 9.17) is 0 Å². The van der Waals surface area contributed by atoms with Crippen molar-refractivity contribution in [3.8, 4) is 0 Å². The molecule has 0 aliphatic carbocycles. The van der Waals surface area contributed by atoms with E-state index in [2.05, 4.69) is 66.8 Å². The molecule has 1 aliphatic rings. The average molecular weight is 265 g/mol. The summed E-state index contributed by atoms with van der Waals surface area (Å²) < 4.78 is 0. The Morgan fingerprint density at radius 3 is 2.10 bits per heavy atom. The van der Waals surface area contributed by atoms with Gasteiger partial charge >= 0.3 is 0 Å². The van der Waals surface area contributed by atoms with Crippen molar-refractivity contribution in [2.24, 2.45) is 5.92 Å². The maximum Gasteiger partial charge on any atom is 0.0119 e. The molecule has 0 unspecified atom stereocenters. The van der Waals surface area contributed by atoms with Crippen LogP contribution in [0.1, 0.15) is 35.4 Å². The van der Waals surface area contributed by atoms with Gasteiger partial charge in [0.25, 0.3) is 0 Å². The highest BCUT2D eigenvalue weighted by Gasteiger charge is 2.26. The number of aryl methyl sites for hydroxylation is 1. The first-order chi connectivity index (χ1) is 9.84. The molecule has 104 valence electrons. The zero-order valence-corrected chi connectivity index (χ0v) is 12.2. The summed E-state index contributed by atoms with van der Waals surface area (Å²) in [5.74, 6) is 1.29. The standard InChI is InChI=1S/C19H23N/c1-15-7-9-17(10-8-15)19(16-5-3-2-4-6-16)18-11-13-20-14-12-18/h2-10,18-20H,11-14H2,1H3/t19-/m1/s1. The molecule has 0 radical (unpaired) electrons. The van der Waals surface area contributed by atoms with Crippen molar-refractivity contribution in [2.45, 2.75) is 25.7 Å². The maximum atomic E-state index is 3.48. The van der Waals surface area contributed by atoms with Crippen molar-refractivity contribution in [3.63, 3.8) is 0 Å². The van der Waals surface area contributed by atoms with E-state index < -0.39 is 0 Å². The predicted molar refractivity (Wildman–Crippen MR) is 85.1 cm³/mol. The molecule has 0 spiro atoms. The first-order valence-corrected chi connectivity index (χ1v) is 7.67. The highest BCUT2D eigenvalue weighted by molar-refractivity contribution is 5.35. The molecule has 0 saturated carbocycles. The highest BCUT2D eigenvalue weighted by atomic mass is 14.9. The predicted octanol–water partition coefficient (Wildman–Crippen LogP) is 4.13. The molecule has 20 heavy (non-hydrogen) atoms. The van der Waals surface area contributed by atoms with Gasteiger partial charge in [0.1, 0.15) is 0 Å². The van der Waals surface area contributed by atoms with Crippen molar-refractivity contribution in [3.05, 3.63) is 71.3 Å². The van der Waals surface area contributed by atoms with Crippen LogP contribution < -0.4 is 5.32 Å². The van der Waals surface area contributed by atoms with Gasteiger partial charge in [-0.2, -0.15) is 0 Å². The van der Waals surface area contributed by atoms with Crippen LogP contribution in [-0.2, 0) is 0 Å². The van der Waals surface area contributed by atoms with Crippen molar-refractivity contribution in [1.82, 2.24) is 5.32 Å². The second kappa shape index (κ2) is 6.23. The van der Waals surface area contributed by atoms with Crippen molar-refractivity contribution < 1.29 is 0 Å². The third-order valence-corrected chi connectivity index (χ3v) is 4.45. The number of rotatable bonds is 3. The Morgan fingerprint density at radius 2 is 1.45 bits per heavy atom. The molecule has 1 nitrogen and oxygen atoms in total. The van der Waals surface area contributed by atoms with Crippen molar-refractivity contribution in [2.75, 3.05) is 13.1 Å². The van der Waals surface area contributed by atoms with Crippen LogP contribution >= 0.6 is 0 Å². The average Bonchev–Trinajstić information content (AvgIpc) is 2.52. The third-order valence-electron chi connectivity index (χ3n) is 4.45. The van der Waals surface area contributed by atoms with Crippen LogP contribution in [0.15, 0.2) is 54.6 Å². The van der Waals surface area contributed by atoms with Gasteiger partial charge < -0.3 is 5.32 Å². The lowest BCUT2D eigenvalue weighted by Gasteiger charge is -2.31. The molecule has 0 bridgehead atoms. The summed E-state index contributed by atoms with van der Waals surface area (Å²) in [6.07, 6.45) is 2.54. The Bertz CT molecular complexity index is 523. The highest BCUT2D eigenvalue weighted by Crippen LogP contribution is 2.36. The number of hydrogen-bond donors (Lipinski definition) is 1. The molecule has 1 atom stereocenters. The lowest BCUT2D eigenvalue weighted by molar-refractivity contribution is 0.342. The van der Waals surface area contributed by atoms with Crippen LogP contribution in [0.4, 0.5) is 0 Å². The van der Waals surface area contributed by atoms with Gasteiger partial charge in [-0.25, -0.2) is 0 Å². The van der Waals surface area contributed by atoms with E-state index in [1.807, 2.05) is 0 Å². The summed E-state index contributed by atoms with van der Waals surface area (Å²) in [7, 11) is 0. The summed E-state index contributed by atoms with van der Waals surface area (Å²) in [4.78, 5) is 0. The molecule has 2 aromatic rings. The van der Waals surface area contributed by atoms with E-state index in [0.29, 0.717) is 5.92 Å². The molecule has 1 heteroatoms. The molecule has 1 heterocycles. The van der Waals surface area contributed by atoms with Gasteiger partial charge in [0.2, 0.25) is 0 Å². The first kappa shape index (κ1) is 13.4. The molecular weight excluding hydrogens is 242 g/mol. The van der Waals surface area contributed by atoms with Gasteiger partial charge in [-0.3, -0.25) is 0 Å². The topological polar surface area (TPSA) is 12.0 Å². The van der Waals surface area contributed by atoms with Gasteiger partial charge in [0.05, 0.1) is 0 Å². The van der Waals surface area contributed by atoms with E-state index in [0.717, 1.165) is 19.0 Å². The monoisotopic (exact) mass is 265 g/mol. The summed E-state index contributed by atoms with van der Waals surface area (Å²) in [6, 6.07) is 20.1. The Labute approximate surface area is 122 Å². The van der Waals surface area contributed by atoms with Crippen molar-refractivity contribution in [1.29, 1.82) is 0 Å². The van der Waals surface area contributed by atoms with Crippen LogP contribution in [0.2, 0.25) is 0 Å². The normalized spacial score (nSPS) is 17.9. The van der Waals surface area contributed by atoms with Gasteiger partial charge in [-0.05, 0) is 49.9 Å². The Hall–Kier alpha value is -1.60. The fourth-order valence-corrected chi connectivity index (χ4v) is 3.35. The molecule has 0 amide bonds. The quantitative estimate of drug-likeness (QED) is 0.880. The summed E-state index contributed by atoms with van der Waals surface area (Å²) in [5.41, 5.74) is 4.27. The second-order valence-electron chi connectivity index (χ2n) is 5.89. The molecule has 1 fully saturated rings. The van der Waals surface area contributed by atoms with Crippen LogP contribution in [0, 0.1) is 12.8 Å². The van der Waals surface area contributed by atoms with Crippen molar-refractivity contribution >= 4 is 0 Å². The molecule has 0 aromatic heterocycles. The number of nitrogens with one attached hydrogen (secondary N) is 1. The lowest BCUT2D eigenvalue weighted by Crippen LogP contribution is -2.31. The molecular formula is C19H23N. The van der Waals surface area contributed by atoms with Crippen LogP contribution in [0.3, 0.4) is 0 Å². The molecule has 1 saturated heterocycles. The van der Waals surface area contributed by atoms with Crippen LogP contribution in [0.5, 0.6) is 0 Å². The maximum absolute atomic E-state index is 3.48. The van der Waals surface area contributed by atoms with Gasteiger partial charge in [-0.15, -0.1) is 0 Å².